The minimum atomic E-state index is -0.182. The maximum atomic E-state index is 12.9. The van der Waals surface area contributed by atoms with Gasteiger partial charge in [0.15, 0.2) is 5.65 Å². The highest BCUT2D eigenvalue weighted by Gasteiger charge is 2.22. The van der Waals surface area contributed by atoms with Crippen LogP contribution in [-0.4, -0.2) is 37.2 Å². The number of hydrogen-bond donors (Lipinski definition) is 2. The van der Waals surface area contributed by atoms with Gasteiger partial charge in [-0.3, -0.25) is 9.89 Å². The van der Waals surface area contributed by atoms with E-state index in [1.54, 1.807) is 10.7 Å². The molecule has 0 unspecified atom stereocenters. The Bertz CT molecular complexity index is 1250. The first-order valence-electron chi connectivity index (χ1n) is 10.4. The smallest absolute Gasteiger partial charge is 0.256 e. The number of nitrogens with one attached hydrogen (secondary N) is 2. The van der Waals surface area contributed by atoms with Gasteiger partial charge in [0.05, 0.1) is 12.4 Å². The lowest BCUT2D eigenvalue weighted by molar-refractivity contribution is 0.102. The maximum absolute atomic E-state index is 12.9. The van der Waals surface area contributed by atoms with Crippen molar-refractivity contribution in [1.29, 1.82) is 0 Å². The van der Waals surface area contributed by atoms with Crippen LogP contribution in [0.1, 0.15) is 48.0 Å². The van der Waals surface area contributed by atoms with Crippen molar-refractivity contribution in [2.75, 3.05) is 16.8 Å². The van der Waals surface area contributed by atoms with Crippen LogP contribution in [0.25, 0.3) is 5.65 Å². The summed E-state index contributed by atoms with van der Waals surface area (Å²) in [6.45, 7) is 8.02. The summed E-state index contributed by atoms with van der Waals surface area (Å²) in [5.41, 5.74) is 4.87. The molecular formula is C23H25N7O. The molecule has 4 heterocycles. The van der Waals surface area contributed by atoms with Gasteiger partial charge in [-0.05, 0) is 23.1 Å². The van der Waals surface area contributed by atoms with E-state index in [9.17, 15) is 4.79 Å². The van der Waals surface area contributed by atoms with Gasteiger partial charge in [-0.15, -0.1) is 0 Å². The number of H-pyrrole nitrogens is 1. The van der Waals surface area contributed by atoms with Crippen molar-refractivity contribution >= 4 is 23.2 Å². The van der Waals surface area contributed by atoms with Gasteiger partial charge in [0.1, 0.15) is 11.6 Å². The SMILES string of the molecule is CC(C)(C)c1ccc(C(=O)Nc2cc(N3CCc4[nH]ncc4C3)n3nccc3n2)cc1. The zero-order valence-corrected chi connectivity index (χ0v) is 17.9. The predicted molar refractivity (Wildman–Crippen MR) is 119 cm³/mol. The third kappa shape index (κ3) is 3.65. The molecule has 0 aliphatic carbocycles. The number of aromatic amines is 1. The van der Waals surface area contributed by atoms with E-state index in [0.29, 0.717) is 17.0 Å². The Hall–Kier alpha value is -3.68. The molecule has 0 spiro atoms. The van der Waals surface area contributed by atoms with Gasteiger partial charge in [0, 0.05) is 48.5 Å². The van der Waals surface area contributed by atoms with Gasteiger partial charge in [0.25, 0.3) is 5.91 Å². The van der Waals surface area contributed by atoms with Crippen molar-refractivity contribution in [3.63, 3.8) is 0 Å². The Labute approximate surface area is 180 Å². The number of amides is 1. The molecule has 0 radical (unpaired) electrons. The van der Waals surface area contributed by atoms with Gasteiger partial charge >= 0.3 is 0 Å². The van der Waals surface area contributed by atoms with Gasteiger partial charge in [0.2, 0.25) is 0 Å². The largest absolute Gasteiger partial charge is 0.352 e. The van der Waals surface area contributed by atoms with Crippen molar-refractivity contribution in [2.45, 2.75) is 39.2 Å². The van der Waals surface area contributed by atoms with Gasteiger partial charge in [-0.25, -0.2) is 4.98 Å². The molecule has 1 aliphatic heterocycles. The molecule has 1 aliphatic rings. The second kappa shape index (κ2) is 7.23. The molecular weight excluding hydrogens is 390 g/mol. The van der Waals surface area contributed by atoms with Crippen molar-refractivity contribution in [2.24, 2.45) is 0 Å². The number of aromatic nitrogens is 5. The zero-order chi connectivity index (χ0) is 21.6. The van der Waals surface area contributed by atoms with Crippen LogP contribution in [0.3, 0.4) is 0 Å². The van der Waals surface area contributed by atoms with Gasteiger partial charge in [-0.1, -0.05) is 32.9 Å². The third-order valence-corrected chi connectivity index (χ3v) is 5.72. The fourth-order valence-electron chi connectivity index (χ4n) is 3.91. The molecule has 1 amide bonds. The minimum absolute atomic E-state index is 0.0435. The van der Waals surface area contributed by atoms with Crippen LogP contribution >= 0.6 is 0 Å². The number of rotatable bonds is 3. The molecule has 4 aromatic rings. The number of carbonyl (C=O) groups is 1. The molecule has 31 heavy (non-hydrogen) atoms. The molecule has 0 bridgehead atoms. The van der Waals surface area contributed by atoms with Gasteiger partial charge in [-0.2, -0.15) is 14.7 Å². The number of carbonyl (C=O) groups excluding carboxylic acids is 1. The zero-order valence-electron chi connectivity index (χ0n) is 17.9. The number of anilines is 2. The summed E-state index contributed by atoms with van der Waals surface area (Å²) < 4.78 is 1.80. The van der Waals surface area contributed by atoms with E-state index in [1.165, 1.54) is 16.8 Å². The van der Waals surface area contributed by atoms with E-state index in [0.717, 1.165) is 25.3 Å². The second-order valence-corrected chi connectivity index (χ2v) is 8.93. The molecule has 0 fully saturated rings. The summed E-state index contributed by atoms with van der Waals surface area (Å²) in [7, 11) is 0. The standard InChI is InChI=1S/C23H25N7O/c1-23(2,3)17-6-4-15(5-7-17)22(31)27-19-12-21(30-20(26-19)8-10-25-30)29-11-9-18-16(14-29)13-24-28-18/h4-8,10,12-13H,9,11,14H2,1-3H3,(H,24,28)(H,26,27,31). The Morgan fingerprint density at radius 1 is 1.16 bits per heavy atom. The molecule has 8 nitrogen and oxygen atoms in total. The van der Waals surface area contributed by atoms with E-state index in [4.69, 9.17) is 0 Å². The van der Waals surface area contributed by atoms with Crippen LogP contribution in [0, 0.1) is 0 Å². The summed E-state index contributed by atoms with van der Waals surface area (Å²) in [6, 6.07) is 11.4. The fraction of sp³-hybridized carbons (Fsp3) is 0.304. The normalized spacial score (nSPS) is 14.0. The number of benzene rings is 1. The molecule has 0 saturated heterocycles. The van der Waals surface area contributed by atoms with E-state index in [-0.39, 0.29) is 11.3 Å². The second-order valence-electron chi connectivity index (χ2n) is 8.93. The Morgan fingerprint density at radius 2 is 1.97 bits per heavy atom. The van der Waals surface area contributed by atoms with Crippen LogP contribution < -0.4 is 10.2 Å². The van der Waals surface area contributed by atoms with Crippen molar-refractivity contribution < 1.29 is 4.79 Å². The quantitative estimate of drug-likeness (QED) is 0.534. The summed E-state index contributed by atoms with van der Waals surface area (Å²) in [6.07, 6.45) is 4.46. The maximum Gasteiger partial charge on any atom is 0.256 e. The number of hydrogen-bond acceptors (Lipinski definition) is 5. The summed E-state index contributed by atoms with van der Waals surface area (Å²) >= 11 is 0. The molecule has 3 aromatic heterocycles. The summed E-state index contributed by atoms with van der Waals surface area (Å²) in [5, 5.41) is 14.6. The molecule has 5 rings (SSSR count). The summed E-state index contributed by atoms with van der Waals surface area (Å²) in [5.74, 6) is 1.21. The highest BCUT2D eigenvalue weighted by Crippen LogP contribution is 2.26. The van der Waals surface area contributed by atoms with Gasteiger partial charge < -0.3 is 10.2 Å². The monoisotopic (exact) mass is 415 g/mol. The Morgan fingerprint density at radius 3 is 2.74 bits per heavy atom. The van der Waals surface area contributed by atoms with Crippen LogP contribution in [0.5, 0.6) is 0 Å². The van der Waals surface area contributed by atoms with E-state index in [1.807, 2.05) is 42.6 Å². The molecule has 2 N–H and O–H groups in total. The van der Waals surface area contributed by atoms with Crippen LogP contribution in [0.4, 0.5) is 11.6 Å². The molecule has 8 heteroatoms. The number of fused-ring (bicyclic) bond motifs is 2. The van der Waals surface area contributed by atoms with E-state index < -0.39 is 0 Å². The lowest BCUT2D eigenvalue weighted by Crippen LogP contribution is -2.32. The predicted octanol–water partition coefficient (Wildman–Crippen LogP) is 3.56. The van der Waals surface area contributed by atoms with Crippen LogP contribution in [-0.2, 0) is 18.4 Å². The van der Waals surface area contributed by atoms with Crippen molar-refractivity contribution in [3.8, 4) is 0 Å². The first-order valence-corrected chi connectivity index (χ1v) is 10.4. The molecule has 0 saturated carbocycles. The topological polar surface area (TPSA) is 91.2 Å². The van der Waals surface area contributed by atoms with Crippen molar-refractivity contribution in [3.05, 3.63) is 71.2 Å². The lowest BCUT2D eigenvalue weighted by atomic mass is 9.87. The van der Waals surface area contributed by atoms with E-state index in [2.05, 4.69) is 51.3 Å². The lowest BCUT2D eigenvalue weighted by Gasteiger charge is -2.28. The number of nitrogens with zero attached hydrogens (tertiary/aromatic N) is 5. The van der Waals surface area contributed by atoms with Crippen molar-refractivity contribution in [1.82, 2.24) is 24.8 Å². The third-order valence-electron chi connectivity index (χ3n) is 5.72. The van der Waals surface area contributed by atoms with Crippen LogP contribution in [0.2, 0.25) is 0 Å². The average Bonchev–Trinajstić information content (AvgIpc) is 3.41. The summed E-state index contributed by atoms with van der Waals surface area (Å²) in [4.78, 5) is 19.7. The Balaban J connectivity index is 1.42. The molecule has 158 valence electrons. The Kier molecular flexibility index (Phi) is 4.50. The highest BCUT2D eigenvalue weighted by molar-refractivity contribution is 6.04. The fourth-order valence-corrected chi connectivity index (χ4v) is 3.91. The minimum Gasteiger partial charge on any atom is -0.352 e. The van der Waals surface area contributed by atoms with Crippen LogP contribution in [0.15, 0.2) is 48.8 Å². The first kappa shape index (κ1) is 19.3. The highest BCUT2D eigenvalue weighted by atomic mass is 16.1. The average molecular weight is 416 g/mol. The van der Waals surface area contributed by atoms with E-state index >= 15 is 0 Å². The molecule has 1 aromatic carbocycles. The first-order chi connectivity index (χ1) is 14.9. The molecule has 0 atom stereocenters.